The lowest BCUT2D eigenvalue weighted by atomic mass is 9.60. The lowest BCUT2D eigenvalue weighted by Crippen LogP contribution is -2.53. The second-order valence-electron chi connectivity index (χ2n) is 9.15. The van der Waals surface area contributed by atoms with Gasteiger partial charge in [0.2, 0.25) is 5.43 Å². The summed E-state index contributed by atoms with van der Waals surface area (Å²) in [6, 6.07) is -0.0513. The number of aromatic carboxylic acids is 1. The van der Waals surface area contributed by atoms with Crippen molar-refractivity contribution in [2.75, 3.05) is 18.0 Å². The molecule has 3 fully saturated rings. The van der Waals surface area contributed by atoms with Gasteiger partial charge in [0.25, 0.3) is 0 Å². The molecule has 0 unspecified atom stereocenters. The summed E-state index contributed by atoms with van der Waals surface area (Å²) in [5.41, 5.74) is 4.60. The van der Waals surface area contributed by atoms with E-state index in [2.05, 4.69) is 6.92 Å². The molecule has 154 valence electrons. The highest BCUT2D eigenvalue weighted by Gasteiger charge is 2.55. The molecule has 2 aromatic rings. The molecule has 2 heterocycles. The molecule has 2 saturated carbocycles. The van der Waals surface area contributed by atoms with Gasteiger partial charge in [-0.05, 0) is 37.5 Å². The highest BCUT2D eigenvalue weighted by atomic mass is 19.1. The van der Waals surface area contributed by atoms with E-state index in [1.54, 1.807) is 4.90 Å². The summed E-state index contributed by atoms with van der Waals surface area (Å²) >= 11 is 0. The highest BCUT2D eigenvalue weighted by Crippen LogP contribution is 2.52. The van der Waals surface area contributed by atoms with Crippen LogP contribution < -0.4 is 16.1 Å². The number of halogens is 2. The van der Waals surface area contributed by atoms with Crippen molar-refractivity contribution in [2.45, 2.75) is 45.2 Å². The fraction of sp³-hybridized carbons (Fsp3) is 0.524. The first-order valence-electron chi connectivity index (χ1n) is 9.94. The van der Waals surface area contributed by atoms with Gasteiger partial charge in [-0.2, -0.15) is 0 Å². The first-order valence-corrected chi connectivity index (χ1v) is 9.94. The third-order valence-electron chi connectivity index (χ3n) is 7.13. The highest BCUT2D eigenvalue weighted by molar-refractivity contribution is 5.95. The van der Waals surface area contributed by atoms with Crippen LogP contribution in [0, 0.1) is 29.9 Å². The largest absolute Gasteiger partial charge is 0.477 e. The minimum absolute atomic E-state index is 0.00472. The summed E-state index contributed by atoms with van der Waals surface area (Å²) in [4.78, 5) is 26.0. The maximum Gasteiger partial charge on any atom is 0.341 e. The second-order valence-corrected chi connectivity index (χ2v) is 9.15. The summed E-state index contributed by atoms with van der Waals surface area (Å²) in [6.07, 6.45) is 3.56. The monoisotopic (exact) mass is 403 g/mol. The van der Waals surface area contributed by atoms with Crippen LogP contribution in [0.1, 0.15) is 48.1 Å². The van der Waals surface area contributed by atoms with Crippen molar-refractivity contribution in [3.05, 3.63) is 39.2 Å². The van der Waals surface area contributed by atoms with Crippen LogP contribution in [0.15, 0.2) is 11.0 Å². The molecule has 8 heteroatoms. The van der Waals surface area contributed by atoms with Gasteiger partial charge >= 0.3 is 5.97 Å². The van der Waals surface area contributed by atoms with Crippen LogP contribution in [-0.4, -0.2) is 34.8 Å². The van der Waals surface area contributed by atoms with Gasteiger partial charge in [0.05, 0.1) is 10.9 Å². The predicted octanol–water partition coefficient (Wildman–Crippen LogP) is 2.79. The van der Waals surface area contributed by atoms with Gasteiger partial charge < -0.3 is 20.3 Å². The lowest BCUT2D eigenvalue weighted by molar-refractivity contribution is 0.0694. The van der Waals surface area contributed by atoms with Gasteiger partial charge in [0, 0.05) is 36.9 Å². The van der Waals surface area contributed by atoms with Crippen molar-refractivity contribution in [2.24, 2.45) is 17.1 Å². The molecule has 2 aliphatic carbocycles. The second kappa shape index (κ2) is 5.78. The molecule has 0 amide bonds. The van der Waals surface area contributed by atoms with E-state index in [-0.39, 0.29) is 45.6 Å². The Morgan fingerprint density at radius 3 is 2.55 bits per heavy atom. The summed E-state index contributed by atoms with van der Waals surface area (Å²) in [7, 11) is 0. The topological polar surface area (TPSA) is 88.6 Å². The smallest absolute Gasteiger partial charge is 0.341 e. The van der Waals surface area contributed by atoms with Crippen molar-refractivity contribution < 1.29 is 18.7 Å². The number of rotatable bonds is 3. The standard InChI is InChI=1S/C21H23F2N3O3/c1-9-14-17(26(10-3-4-10)6-11(19(14)27)20(28)29)16(23)18(15(9)22)25-7-12-13(24)5-21(12,2)8-25/h6,10,12-13H,3-5,7-8,24H2,1-2H3,(H,28,29)/t12-,13-,21-/m1/s1. The fourth-order valence-electron chi connectivity index (χ4n) is 5.41. The minimum atomic E-state index is -1.39. The number of hydrogen-bond donors (Lipinski definition) is 2. The molecule has 1 aliphatic heterocycles. The molecular weight excluding hydrogens is 380 g/mol. The quantitative estimate of drug-likeness (QED) is 0.823. The number of nitrogens with zero attached hydrogens (tertiary/aromatic N) is 2. The number of hydrogen-bond acceptors (Lipinski definition) is 4. The Bertz CT molecular complexity index is 1140. The zero-order valence-electron chi connectivity index (χ0n) is 16.3. The Kier molecular flexibility index (Phi) is 3.70. The molecule has 3 aliphatic rings. The van der Waals surface area contributed by atoms with E-state index in [1.807, 2.05) is 0 Å². The van der Waals surface area contributed by atoms with Crippen molar-refractivity contribution in [1.29, 1.82) is 0 Å². The number of fused-ring (bicyclic) bond motifs is 2. The molecule has 29 heavy (non-hydrogen) atoms. The van der Waals surface area contributed by atoms with E-state index in [9.17, 15) is 14.7 Å². The molecule has 0 radical (unpaired) electrons. The molecule has 6 nitrogen and oxygen atoms in total. The van der Waals surface area contributed by atoms with Gasteiger partial charge in [-0.15, -0.1) is 0 Å². The molecule has 0 spiro atoms. The van der Waals surface area contributed by atoms with E-state index in [4.69, 9.17) is 5.73 Å². The number of carboxylic acid groups (broad SMARTS) is 1. The summed E-state index contributed by atoms with van der Waals surface area (Å²) in [5, 5.41) is 9.23. The van der Waals surface area contributed by atoms with Crippen molar-refractivity contribution in [3.63, 3.8) is 0 Å². The van der Waals surface area contributed by atoms with Crippen molar-refractivity contribution in [1.82, 2.24) is 4.57 Å². The van der Waals surface area contributed by atoms with E-state index >= 15 is 8.78 Å². The first kappa shape index (κ1) is 18.5. The number of benzene rings is 1. The maximum atomic E-state index is 15.8. The number of carbonyl (C=O) groups is 1. The molecule has 1 aromatic carbocycles. The van der Waals surface area contributed by atoms with Crippen LogP contribution in [0.4, 0.5) is 14.5 Å². The third kappa shape index (κ3) is 2.41. The Morgan fingerprint density at radius 1 is 1.31 bits per heavy atom. The number of pyridine rings is 1. The van der Waals surface area contributed by atoms with Crippen LogP contribution in [0.25, 0.3) is 10.9 Å². The number of aromatic nitrogens is 1. The third-order valence-corrected chi connectivity index (χ3v) is 7.13. The van der Waals surface area contributed by atoms with Crippen LogP contribution in [0.2, 0.25) is 0 Å². The molecule has 1 aromatic heterocycles. The molecule has 3 atom stereocenters. The Hall–Kier alpha value is -2.48. The molecule has 3 N–H and O–H groups in total. The van der Waals surface area contributed by atoms with Crippen molar-refractivity contribution >= 4 is 22.6 Å². The number of aryl methyl sites for hydroxylation is 1. The van der Waals surface area contributed by atoms with Crippen LogP contribution in [-0.2, 0) is 0 Å². The number of carboxylic acids is 1. The average molecular weight is 403 g/mol. The average Bonchev–Trinajstić information content (AvgIpc) is 3.44. The molecule has 5 rings (SSSR count). The summed E-state index contributed by atoms with van der Waals surface area (Å²) in [6.45, 7) is 4.48. The van der Waals surface area contributed by atoms with Gasteiger partial charge in [-0.3, -0.25) is 4.79 Å². The molecule has 0 bridgehead atoms. The lowest BCUT2D eigenvalue weighted by Gasteiger charge is -2.46. The zero-order valence-corrected chi connectivity index (χ0v) is 16.3. The summed E-state index contributed by atoms with van der Waals surface area (Å²) in [5.74, 6) is -2.80. The molecular formula is C21H23F2N3O3. The van der Waals surface area contributed by atoms with Crippen molar-refractivity contribution in [3.8, 4) is 0 Å². The van der Waals surface area contributed by atoms with E-state index in [0.29, 0.717) is 13.1 Å². The van der Waals surface area contributed by atoms with Gasteiger partial charge in [-0.1, -0.05) is 6.92 Å². The van der Waals surface area contributed by atoms with Gasteiger partial charge in [-0.25, -0.2) is 13.6 Å². The first-order chi connectivity index (χ1) is 13.6. The van der Waals surface area contributed by atoms with Crippen LogP contribution in [0.5, 0.6) is 0 Å². The van der Waals surface area contributed by atoms with Gasteiger partial charge in [0.15, 0.2) is 11.6 Å². The predicted molar refractivity (Wildman–Crippen MR) is 104 cm³/mol. The minimum Gasteiger partial charge on any atom is -0.477 e. The Balaban J connectivity index is 1.78. The summed E-state index contributed by atoms with van der Waals surface area (Å²) < 4.78 is 32.7. The van der Waals surface area contributed by atoms with Crippen LogP contribution in [0.3, 0.4) is 0 Å². The Labute approximate surface area is 165 Å². The van der Waals surface area contributed by atoms with Crippen LogP contribution >= 0.6 is 0 Å². The maximum absolute atomic E-state index is 15.8. The Morgan fingerprint density at radius 2 is 2.00 bits per heavy atom. The molecule has 1 saturated heterocycles. The SMILES string of the molecule is Cc1c(F)c(N2C[C@@H]3[C@H](N)C[C@]3(C)C2)c(F)c2c1c(=O)c(C(=O)O)cn2C1CC1. The number of anilines is 1. The van der Waals surface area contributed by atoms with Gasteiger partial charge in [0.1, 0.15) is 11.3 Å². The van der Waals surface area contributed by atoms with E-state index in [0.717, 1.165) is 19.3 Å². The van der Waals surface area contributed by atoms with E-state index in [1.165, 1.54) is 17.7 Å². The van der Waals surface area contributed by atoms with E-state index < -0.39 is 28.6 Å². The fourth-order valence-corrected chi connectivity index (χ4v) is 5.41. The number of nitrogens with two attached hydrogens (primary N) is 1. The normalized spacial score (nSPS) is 28.5. The zero-order chi connectivity index (χ0) is 20.8.